The third kappa shape index (κ3) is 3.51. The van der Waals surface area contributed by atoms with Gasteiger partial charge in [0.25, 0.3) is 0 Å². The van der Waals surface area contributed by atoms with E-state index in [0.717, 1.165) is 17.8 Å². The van der Waals surface area contributed by atoms with E-state index in [9.17, 15) is 0 Å². The SMILES string of the molecule is CC(C)C1CC(C)C(OC2(C)CC(C)C(C)C(C)(C)C2C)C(C)(C)C1C. The van der Waals surface area contributed by atoms with Crippen molar-refractivity contribution in [1.82, 2.24) is 0 Å². The predicted octanol–water partition coefficient (Wildman–Crippen LogP) is 7.44. The largest absolute Gasteiger partial charge is 0.371 e. The molecule has 8 atom stereocenters. The van der Waals surface area contributed by atoms with Crippen LogP contribution in [0.5, 0.6) is 0 Å². The molecule has 8 unspecified atom stereocenters. The summed E-state index contributed by atoms with van der Waals surface area (Å²) >= 11 is 0. The van der Waals surface area contributed by atoms with Crippen LogP contribution in [-0.2, 0) is 4.74 Å². The summed E-state index contributed by atoms with van der Waals surface area (Å²) in [6, 6.07) is 0. The second-order valence-electron chi connectivity index (χ2n) is 12.1. The molecule has 0 N–H and O–H groups in total. The summed E-state index contributed by atoms with van der Waals surface area (Å²) in [5.74, 6) is 4.95. The van der Waals surface area contributed by atoms with Gasteiger partial charge >= 0.3 is 0 Å². The van der Waals surface area contributed by atoms with Gasteiger partial charge < -0.3 is 4.74 Å². The molecule has 1 nitrogen and oxygen atoms in total. The Bertz CT molecular complexity index is 490. The summed E-state index contributed by atoms with van der Waals surface area (Å²) in [7, 11) is 0. The Labute approximate surface area is 165 Å². The van der Waals surface area contributed by atoms with Crippen LogP contribution in [0.25, 0.3) is 0 Å². The van der Waals surface area contributed by atoms with E-state index in [-0.39, 0.29) is 11.0 Å². The van der Waals surface area contributed by atoms with E-state index in [1.807, 2.05) is 0 Å². The lowest BCUT2D eigenvalue weighted by molar-refractivity contribution is -0.240. The Balaban J connectivity index is 2.31. The Morgan fingerprint density at radius 2 is 1.31 bits per heavy atom. The van der Waals surface area contributed by atoms with Crippen molar-refractivity contribution < 1.29 is 4.74 Å². The molecule has 0 bridgehead atoms. The zero-order chi connectivity index (χ0) is 20.2. The summed E-state index contributed by atoms with van der Waals surface area (Å²) < 4.78 is 7.21. The van der Waals surface area contributed by atoms with Crippen LogP contribution in [-0.4, -0.2) is 11.7 Å². The van der Waals surface area contributed by atoms with Crippen LogP contribution in [0.2, 0.25) is 0 Å². The van der Waals surface area contributed by atoms with Crippen LogP contribution in [0.1, 0.15) is 95.9 Å². The molecule has 2 saturated carbocycles. The van der Waals surface area contributed by atoms with Crippen LogP contribution in [0, 0.1) is 52.3 Å². The Hall–Kier alpha value is -0.0400. The van der Waals surface area contributed by atoms with Crippen LogP contribution in [0.4, 0.5) is 0 Å². The topological polar surface area (TPSA) is 9.23 Å². The normalized spacial score (nSPS) is 48.6. The van der Waals surface area contributed by atoms with Gasteiger partial charge in [0.05, 0.1) is 11.7 Å². The quantitative estimate of drug-likeness (QED) is 0.505. The molecule has 0 aliphatic heterocycles. The Morgan fingerprint density at radius 1 is 0.769 bits per heavy atom. The predicted molar refractivity (Wildman–Crippen MR) is 114 cm³/mol. The van der Waals surface area contributed by atoms with Crippen LogP contribution < -0.4 is 0 Å². The molecule has 0 aromatic rings. The molecule has 2 fully saturated rings. The van der Waals surface area contributed by atoms with E-state index >= 15 is 0 Å². The molecular weight excluding hydrogens is 316 g/mol. The molecule has 0 heterocycles. The highest BCUT2D eigenvalue weighted by molar-refractivity contribution is 5.03. The molecule has 26 heavy (non-hydrogen) atoms. The van der Waals surface area contributed by atoms with Gasteiger partial charge in [-0.15, -0.1) is 0 Å². The lowest BCUT2D eigenvalue weighted by Gasteiger charge is -2.59. The maximum Gasteiger partial charge on any atom is 0.0691 e. The first kappa shape index (κ1) is 22.3. The highest BCUT2D eigenvalue weighted by Gasteiger charge is 2.55. The highest BCUT2D eigenvalue weighted by atomic mass is 16.5. The van der Waals surface area contributed by atoms with E-state index in [4.69, 9.17) is 4.74 Å². The number of rotatable bonds is 3. The van der Waals surface area contributed by atoms with E-state index in [1.54, 1.807) is 0 Å². The van der Waals surface area contributed by atoms with Gasteiger partial charge in [-0.2, -0.15) is 0 Å². The first-order valence-electron chi connectivity index (χ1n) is 11.3. The molecule has 0 aromatic carbocycles. The fraction of sp³-hybridized carbons (Fsp3) is 1.00. The molecule has 0 saturated heterocycles. The van der Waals surface area contributed by atoms with Gasteiger partial charge in [-0.25, -0.2) is 0 Å². The van der Waals surface area contributed by atoms with E-state index in [1.165, 1.54) is 12.8 Å². The second kappa shape index (κ2) is 7.09. The van der Waals surface area contributed by atoms with Crippen molar-refractivity contribution in [2.75, 3.05) is 0 Å². The van der Waals surface area contributed by atoms with Crippen molar-refractivity contribution in [3.8, 4) is 0 Å². The minimum Gasteiger partial charge on any atom is -0.371 e. The molecule has 2 aliphatic carbocycles. The first-order chi connectivity index (χ1) is 11.7. The van der Waals surface area contributed by atoms with Crippen molar-refractivity contribution in [3.05, 3.63) is 0 Å². The van der Waals surface area contributed by atoms with Gasteiger partial charge in [0.15, 0.2) is 0 Å². The van der Waals surface area contributed by atoms with Crippen LogP contribution >= 0.6 is 0 Å². The number of hydrogen-bond acceptors (Lipinski definition) is 1. The van der Waals surface area contributed by atoms with Crippen molar-refractivity contribution in [2.45, 2.75) is 108 Å². The summed E-state index contributed by atoms with van der Waals surface area (Å²) in [6.07, 6.45) is 2.86. The van der Waals surface area contributed by atoms with Crippen molar-refractivity contribution in [1.29, 1.82) is 0 Å². The van der Waals surface area contributed by atoms with Crippen molar-refractivity contribution >= 4 is 0 Å². The van der Waals surface area contributed by atoms with Crippen molar-refractivity contribution in [2.24, 2.45) is 52.3 Å². The number of ether oxygens (including phenoxy) is 1. The lowest BCUT2D eigenvalue weighted by atomic mass is 9.53. The molecule has 0 amide bonds. The highest BCUT2D eigenvalue weighted by Crippen LogP contribution is 2.57. The van der Waals surface area contributed by atoms with E-state index < -0.39 is 0 Å². The molecule has 0 radical (unpaired) electrons. The maximum atomic E-state index is 7.21. The Morgan fingerprint density at radius 3 is 1.81 bits per heavy atom. The first-order valence-corrected chi connectivity index (χ1v) is 11.3. The summed E-state index contributed by atoms with van der Waals surface area (Å²) in [6.45, 7) is 29.4. The number of hydrogen-bond donors (Lipinski definition) is 0. The summed E-state index contributed by atoms with van der Waals surface area (Å²) in [4.78, 5) is 0. The van der Waals surface area contributed by atoms with Gasteiger partial charge in [-0.05, 0) is 72.0 Å². The van der Waals surface area contributed by atoms with Crippen LogP contribution in [0.3, 0.4) is 0 Å². The van der Waals surface area contributed by atoms with Gasteiger partial charge in [0, 0.05) is 0 Å². The maximum absolute atomic E-state index is 7.21. The van der Waals surface area contributed by atoms with Gasteiger partial charge in [0.2, 0.25) is 0 Å². The third-order valence-corrected chi connectivity index (χ3v) is 9.75. The molecule has 154 valence electrons. The average Bonchev–Trinajstić information content (AvgIpc) is 2.52. The van der Waals surface area contributed by atoms with Gasteiger partial charge in [0.1, 0.15) is 0 Å². The fourth-order valence-corrected chi connectivity index (χ4v) is 6.77. The molecule has 2 aliphatic rings. The molecule has 0 spiro atoms. The molecule has 1 heteroatoms. The average molecular weight is 365 g/mol. The summed E-state index contributed by atoms with van der Waals surface area (Å²) in [5, 5.41) is 0. The van der Waals surface area contributed by atoms with Gasteiger partial charge in [-0.1, -0.05) is 76.2 Å². The minimum absolute atomic E-state index is 0.0178. The zero-order valence-corrected chi connectivity index (χ0v) is 19.9. The fourth-order valence-electron chi connectivity index (χ4n) is 6.77. The van der Waals surface area contributed by atoms with Gasteiger partial charge in [-0.3, -0.25) is 0 Å². The molecule has 0 aromatic heterocycles. The van der Waals surface area contributed by atoms with E-state index in [0.29, 0.717) is 35.2 Å². The zero-order valence-electron chi connectivity index (χ0n) is 19.9. The minimum atomic E-state index is -0.0178. The van der Waals surface area contributed by atoms with E-state index in [2.05, 4.69) is 83.1 Å². The molecular formula is C25H48O. The Kier molecular flexibility index (Phi) is 6.07. The lowest BCUT2D eigenvalue weighted by Crippen LogP contribution is -2.59. The monoisotopic (exact) mass is 364 g/mol. The third-order valence-electron chi connectivity index (χ3n) is 9.75. The van der Waals surface area contributed by atoms with Crippen LogP contribution in [0.15, 0.2) is 0 Å². The summed E-state index contributed by atoms with van der Waals surface area (Å²) in [5.41, 5.74) is 0.530. The van der Waals surface area contributed by atoms with Crippen molar-refractivity contribution in [3.63, 3.8) is 0 Å². The second-order valence-corrected chi connectivity index (χ2v) is 12.1. The smallest absolute Gasteiger partial charge is 0.0691 e. The standard InChI is InChI=1S/C25H48O/c1-15(2)21-13-16(3)22(24(10,11)19(21)6)26-25(12)14-17(4)18(5)23(8,9)20(25)7/h15-22H,13-14H2,1-12H3. The molecule has 2 rings (SSSR count).